The molecule has 0 fully saturated rings. The van der Waals surface area contributed by atoms with Gasteiger partial charge in [-0.3, -0.25) is 0 Å². The number of halogens is 1. The van der Waals surface area contributed by atoms with Crippen LogP contribution in [0, 0.1) is 5.82 Å². The Hall–Kier alpha value is -1.25. The Morgan fingerprint density at radius 2 is 2.14 bits per heavy atom. The lowest BCUT2D eigenvalue weighted by Gasteiger charge is -2.08. The van der Waals surface area contributed by atoms with Crippen LogP contribution in [0.15, 0.2) is 18.2 Å². The minimum Gasteiger partial charge on any atom is -0.488 e. The number of hydrogen-bond donors (Lipinski definition) is 1. The van der Waals surface area contributed by atoms with E-state index < -0.39 is 0 Å². The largest absolute Gasteiger partial charge is 0.488 e. The third-order valence-electron chi connectivity index (χ3n) is 1.99. The van der Waals surface area contributed by atoms with Gasteiger partial charge in [-0.2, -0.15) is 0 Å². The SMILES string of the molecule is CCCCCOc1c(N)cccc1F. The van der Waals surface area contributed by atoms with E-state index in [4.69, 9.17) is 10.5 Å². The lowest BCUT2D eigenvalue weighted by Crippen LogP contribution is -2.02. The summed E-state index contributed by atoms with van der Waals surface area (Å²) in [5.41, 5.74) is 5.93. The number of nitrogens with two attached hydrogens (primary N) is 1. The van der Waals surface area contributed by atoms with E-state index in [1.807, 2.05) is 0 Å². The Balaban J connectivity index is 2.49. The van der Waals surface area contributed by atoms with Crippen molar-refractivity contribution in [1.82, 2.24) is 0 Å². The first kappa shape index (κ1) is 10.8. The van der Waals surface area contributed by atoms with Crippen molar-refractivity contribution >= 4 is 5.69 Å². The summed E-state index contributed by atoms with van der Waals surface area (Å²) in [6.45, 7) is 2.64. The molecular weight excluding hydrogens is 181 g/mol. The number of hydrogen-bond acceptors (Lipinski definition) is 2. The molecule has 2 nitrogen and oxygen atoms in total. The third-order valence-corrected chi connectivity index (χ3v) is 1.99. The summed E-state index contributed by atoms with van der Waals surface area (Å²) in [6.07, 6.45) is 3.15. The maximum Gasteiger partial charge on any atom is 0.177 e. The standard InChI is InChI=1S/C11H16FNO/c1-2-3-4-8-14-11-9(12)6-5-7-10(11)13/h5-7H,2-4,8,13H2,1H3. The minimum atomic E-state index is -0.388. The van der Waals surface area contributed by atoms with Gasteiger partial charge in [-0.05, 0) is 18.6 Å². The summed E-state index contributed by atoms with van der Waals surface area (Å²) in [4.78, 5) is 0. The van der Waals surface area contributed by atoms with Crippen molar-refractivity contribution < 1.29 is 9.13 Å². The van der Waals surface area contributed by atoms with Crippen LogP contribution in [0.1, 0.15) is 26.2 Å². The normalized spacial score (nSPS) is 10.1. The summed E-state index contributed by atoms with van der Waals surface area (Å²) < 4.78 is 18.4. The van der Waals surface area contributed by atoms with Crippen molar-refractivity contribution in [3.8, 4) is 5.75 Å². The van der Waals surface area contributed by atoms with E-state index in [-0.39, 0.29) is 11.6 Å². The number of anilines is 1. The lowest BCUT2D eigenvalue weighted by atomic mass is 10.2. The van der Waals surface area contributed by atoms with Crippen molar-refractivity contribution in [3.05, 3.63) is 24.0 Å². The third kappa shape index (κ3) is 2.91. The van der Waals surface area contributed by atoms with Crippen LogP contribution >= 0.6 is 0 Å². The van der Waals surface area contributed by atoms with Gasteiger partial charge in [-0.15, -0.1) is 0 Å². The van der Waals surface area contributed by atoms with Crippen molar-refractivity contribution in [2.45, 2.75) is 26.2 Å². The van der Waals surface area contributed by atoms with Crippen molar-refractivity contribution in [2.75, 3.05) is 12.3 Å². The Kier molecular flexibility index (Phi) is 4.23. The molecule has 0 saturated heterocycles. The average molecular weight is 197 g/mol. The van der Waals surface area contributed by atoms with Gasteiger partial charge < -0.3 is 10.5 Å². The number of para-hydroxylation sites is 1. The van der Waals surface area contributed by atoms with E-state index in [1.165, 1.54) is 6.07 Å². The second kappa shape index (κ2) is 5.47. The molecule has 0 bridgehead atoms. The highest BCUT2D eigenvalue weighted by molar-refractivity contribution is 5.52. The van der Waals surface area contributed by atoms with Gasteiger partial charge in [-0.25, -0.2) is 4.39 Å². The van der Waals surface area contributed by atoms with Crippen LogP contribution < -0.4 is 10.5 Å². The zero-order valence-corrected chi connectivity index (χ0v) is 8.42. The summed E-state index contributed by atoms with van der Waals surface area (Å²) in [5, 5.41) is 0. The van der Waals surface area contributed by atoms with Gasteiger partial charge in [0.15, 0.2) is 11.6 Å². The molecule has 3 heteroatoms. The Labute approximate surface area is 83.9 Å². The molecule has 1 aromatic rings. The molecule has 0 aromatic heterocycles. The van der Waals surface area contributed by atoms with Crippen molar-refractivity contribution in [3.63, 3.8) is 0 Å². The zero-order valence-electron chi connectivity index (χ0n) is 8.42. The monoisotopic (exact) mass is 197 g/mol. The molecule has 0 unspecified atom stereocenters. The maximum absolute atomic E-state index is 13.2. The van der Waals surface area contributed by atoms with Gasteiger partial charge in [-0.1, -0.05) is 25.8 Å². The molecule has 78 valence electrons. The van der Waals surface area contributed by atoms with Crippen LogP contribution in [0.25, 0.3) is 0 Å². The second-order valence-corrected chi connectivity index (χ2v) is 3.21. The summed E-state index contributed by atoms with van der Waals surface area (Å²) in [5.74, 6) is -0.204. The Morgan fingerprint density at radius 1 is 1.36 bits per heavy atom. The maximum atomic E-state index is 13.2. The van der Waals surface area contributed by atoms with Crippen molar-refractivity contribution in [1.29, 1.82) is 0 Å². The molecule has 1 rings (SSSR count). The molecule has 0 atom stereocenters. The van der Waals surface area contributed by atoms with E-state index in [9.17, 15) is 4.39 Å². The number of unbranched alkanes of at least 4 members (excludes halogenated alkanes) is 2. The van der Waals surface area contributed by atoms with Gasteiger partial charge in [0.2, 0.25) is 0 Å². The lowest BCUT2D eigenvalue weighted by molar-refractivity contribution is 0.293. The number of benzene rings is 1. The molecule has 14 heavy (non-hydrogen) atoms. The van der Waals surface area contributed by atoms with E-state index in [0.717, 1.165) is 19.3 Å². The highest BCUT2D eigenvalue weighted by Gasteiger charge is 2.05. The van der Waals surface area contributed by atoms with Gasteiger partial charge >= 0.3 is 0 Å². The van der Waals surface area contributed by atoms with Gasteiger partial charge in [0.25, 0.3) is 0 Å². The summed E-state index contributed by atoms with van der Waals surface area (Å²) in [6, 6.07) is 4.56. The summed E-state index contributed by atoms with van der Waals surface area (Å²) in [7, 11) is 0. The number of rotatable bonds is 5. The first-order chi connectivity index (χ1) is 6.75. The van der Waals surface area contributed by atoms with Gasteiger partial charge in [0.05, 0.1) is 12.3 Å². The van der Waals surface area contributed by atoms with Crippen LogP contribution in [-0.4, -0.2) is 6.61 Å². The van der Waals surface area contributed by atoms with Crippen LogP contribution in [0.2, 0.25) is 0 Å². The Bertz CT molecular complexity index is 268. The first-order valence-corrected chi connectivity index (χ1v) is 4.92. The fourth-order valence-corrected chi connectivity index (χ4v) is 1.20. The molecule has 0 saturated carbocycles. The zero-order chi connectivity index (χ0) is 10.4. The van der Waals surface area contributed by atoms with E-state index in [1.54, 1.807) is 12.1 Å². The van der Waals surface area contributed by atoms with Gasteiger partial charge in [0.1, 0.15) is 0 Å². The van der Waals surface area contributed by atoms with Crippen LogP contribution in [0.4, 0.5) is 10.1 Å². The molecular formula is C11H16FNO. The van der Waals surface area contributed by atoms with E-state index in [2.05, 4.69) is 6.92 Å². The summed E-state index contributed by atoms with van der Waals surface area (Å²) >= 11 is 0. The highest BCUT2D eigenvalue weighted by Crippen LogP contribution is 2.24. The molecule has 2 N–H and O–H groups in total. The van der Waals surface area contributed by atoms with Crippen LogP contribution in [0.3, 0.4) is 0 Å². The molecule has 0 amide bonds. The highest BCUT2D eigenvalue weighted by atomic mass is 19.1. The quantitative estimate of drug-likeness (QED) is 0.581. The first-order valence-electron chi connectivity index (χ1n) is 4.92. The van der Waals surface area contributed by atoms with Gasteiger partial charge in [0, 0.05) is 0 Å². The Morgan fingerprint density at radius 3 is 2.79 bits per heavy atom. The number of nitrogen functional groups attached to an aromatic ring is 1. The fourth-order valence-electron chi connectivity index (χ4n) is 1.20. The molecule has 0 aliphatic heterocycles. The smallest absolute Gasteiger partial charge is 0.177 e. The average Bonchev–Trinajstić information content (AvgIpc) is 2.16. The molecule has 0 heterocycles. The predicted octanol–water partition coefficient (Wildman–Crippen LogP) is 2.98. The van der Waals surface area contributed by atoms with E-state index >= 15 is 0 Å². The topological polar surface area (TPSA) is 35.2 Å². The fraction of sp³-hybridized carbons (Fsp3) is 0.455. The predicted molar refractivity (Wildman–Crippen MR) is 55.8 cm³/mol. The van der Waals surface area contributed by atoms with Crippen molar-refractivity contribution in [2.24, 2.45) is 0 Å². The van der Waals surface area contributed by atoms with Crippen LogP contribution in [-0.2, 0) is 0 Å². The molecule has 0 aliphatic rings. The molecule has 1 aromatic carbocycles. The number of ether oxygens (including phenoxy) is 1. The molecule has 0 radical (unpaired) electrons. The molecule has 0 aliphatic carbocycles. The van der Waals surface area contributed by atoms with E-state index in [0.29, 0.717) is 12.3 Å². The molecule has 0 spiro atoms. The minimum absolute atomic E-state index is 0.184. The van der Waals surface area contributed by atoms with Crippen LogP contribution in [0.5, 0.6) is 5.75 Å². The second-order valence-electron chi connectivity index (χ2n) is 3.21.